The Labute approximate surface area is 104 Å². The first-order valence-electron chi connectivity index (χ1n) is 6.55. The Balaban J connectivity index is 2.61. The first-order valence-corrected chi connectivity index (χ1v) is 6.55. The molecule has 0 radical (unpaired) electrons. The van der Waals surface area contributed by atoms with Crippen molar-refractivity contribution >= 4 is 5.97 Å². The maximum absolute atomic E-state index is 11.2. The van der Waals surface area contributed by atoms with Gasteiger partial charge in [0, 0.05) is 19.1 Å². The Morgan fingerprint density at radius 1 is 1.29 bits per heavy atom. The number of hydrogen-bond donors (Lipinski definition) is 2. The summed E-state index contributed by atoms with van der Waals surface area (Å²) in [7, 11) is 0. The Kier molecular flexibility index (Phi) is 5.40. The van der Waals surface area contributed by atoms with Crippen molar-refractivity contribution in [3.05, 3.63) is 0 Å². The second-order valence-electron chi connectivity index (χ2n) is 5.67. The summed E-state index contributed by atoms with van der Waals surface area (Å²) in [6.45, 7) is 4.71. The molecule has 0 amide bonds. The Morgan fingerprint density at radius 2 is 1.88 bits per heavy atom. The molecule has 4 heteroatoms. The summed E-state index contributed by atoms with van der Waals surface area (Å²) < 4.78 is 0. The number of aliphatic hydroxyl groups is 1. The maximum Gasteiger partial charge on any atom is 0.310 e. The number of aliphatic carboxylic acids is 1. The molecule has 1 aliphatic carbocycles. The maximum atomic E-state index is 11.2. The molecule has 0 heterocycles. The summed E-state index contributed by atoms with van der Waals surface area (Å²) >= 11 is 0. The number of hydrogen-bond acceptors (Lipinski definition) is 3. The van der Waals surface area contributed by atoms with E-state index in [2.05, 4.69) is 4.90 Å². The van der Waals surface area contributed by atoms with Crippen molar-refractivity contribution in [1.29, 1.82) is 0 Å². The average Bonchev–Trinajstić information content (AvgIpc) is 2.29. The molecule has 100 valence electrons. The molecule has 1 fully saturated rings. The summed E-state index contributed by atoms with van der Waals surface area (Å²) in [5.74, 6) is -0.767. The van der Waals surface area contributed by atoms with Gasteiger partial charge < -0.3 is 10.2 Å². The van der Waals surface area contributed by atoms with E-state index in [1.807, 2.05) is 0 Å². The second kappa shape index (κ2) is 6.36. The second-order valence-corrected chi connectivity index (χ2v) is 5.67. The number of carboxylic acids is 1. The molecule has 2 N–H and O–H groups in total. The Morgan fingerprint density at radius 3 is 2.35 bits per heavy atom. The fourth-order valence-electron chi connectivity index (χ4n) is 2.54. The lowest BCUT2D eigenvalue weighted by Gasteiger charge is -2.37. The fraction of sp³-hybridized carbons (Fsp3) is 0.923. The van der Waals surface area contributed by atoms with Crippen molar-refractivity contribution in [3.63, 3.8) is 0 Å². The quantitative estimate of drug-likeness (QED) is 0.746. The van der Waals surface area contributed by atoms with E-state index in [-0.39, 0.29) is 6.61 Å². The normalized spacial score (nSPS) is 18.6. The van der Waals surface area contributed by atoms with E-state index in [0.717, 1.165) is 12.8 Å². The molecule has 0 aromatic rings. The van der Waals surface area contributed by atoms with E-state index < -0.39 is 11.4 Å². The van der Waals surface area contributed by atoms with Gasteiger partial charge in [0.2, 0.25) is 0 Å². The smallest absolute Gasteiger partial charge is 0.310 e. The lowest BCUT2D eigenvalue weighted by molar-refractivity contribution is -0.148. The van der Waals surface area contributed by atoms with Crippen LogP contribution in [0.1, 0.15) is 46.0 Å². The van der Waals surface area contributed by atoms with E-state index in [0.29, 0.717) is 19.1 Å². The summed E-state index contributed by atoms with van der Waals surface area (Å²) in [4.78, 5) is 13.3. The predicted molar refractivity (Wildman–Crippen MR) is 66.9 cm³/mol. The van der Waals surface area contributed by atoms with Crippen molar-refractivity contribution in [2.75, 3.05) is 19.7 Å². The van der Waals surface area contributed by atoms with Gasteiger partial charge in [-0.3, -0.25) is 9.69 Å². The number of rotatable bonds is 6. The van der Waals surface area contributed by atoms with Gasteiger partial charge in [-0.05, 0) is 26.7 Å². The van der Waals surface area contributed by atoms with E-state index in [4.69, 9.17) is 10.2 Å². The molecule has 0 aromatic heterocycles. The molecule has 1 aliphatic rings. The third-order valence-corrected chi connectivity index (χ3v) is 3.66. The molecule has 0 spiro atoms. The van der Waals surface area contributed by atoms with Gasteiger partial charge in [-0.2, -0.15) is 0 Å². The molecule has 0 unspecified atom stereocenters. The van der Waals surface area contributed by atoms with Crippen LogP contribution in [0.15, 0.2) is 0 Å². The van der Waals surface area contributed by atoms with Crippen LogP contribution in [0.4, 0.5) is 0 Å². The highest BCUT2D eigenvalue weighted by Gasteiger charge is 2.32. The number of nitrogens with zero attached hydrogens (tertiary/aromatic N) is 1. The third-order valence-electron chi connectivity index (χ3n) is 3.66. The van der Waals surface area contributed by atoms with Crippen molar-refractivity contribution in [2.24, 2.45) is 5.41 Å². The van der Waals surface area contributed by atoms with E-state index in [9.17, 15) is 4.79 Å². The highest BCUT2D eigenvalue weighted by molar-refractivity contribution is 5.73. The molecule has 0 aromatic carbocycles. The summed E-state index contributed by atoms with van der Waals surface area (Å²) in [5.41, 5.74) is -0.743. The van der Waals surface area contributed by atoms with Gasteiger partial charge in [0.1, 0.15) is 0 Å². The average molecular weight is 243 g/mol. The van der Waals surface area contributed by atoms with Gasteiger partial charge in [0.05, 0.1) is 12.0 Å². The monoisotopic (exact) mass is 243 g/mol. The van der Waals surface area contributed by atoms with Crippen LogP contribution in [0.2, 0.25) is 0 Å². The molecular weight excluding hydrogens is 218 g/mol. The summed E-state index contributed by atoms with van der Waals surface area (Å²) in [5, 5.41) is 18.3. The number of carbonyl (C=O) groups is 1. The first kappa shape index (κ1) is 14.5. The molecule has 0 bridgehead atoms. The standard InChI is InChI=1S/C13H25NO3/c1-13(2,12(16)17)10-14(8-9-15)11-6-4-3-5-7-11/h11,15H,3-10H2,1-2H3,(H,16,17). The van der Waals surface area contributed by atoms with Gasteiger partial charge in [-0.25, -0.2) is 0 Å². The largest absolute Gasteiger partial charge is 0.481 e. The Bertz CT molecular complexity index is 247. The van der Waals surface area contributed by atoms with E-state index in [1.165, 1.54) is 19.3 Å². The lowest BCUT2D eigenvalue weighted by atomic mass is 9.89. The summed E-state index contributed by atoms with van der Waals surface area (Å²) in [6, 6.07) is 0.453. The van der Waals surface area contributed by atoms with Crippen LogP contribution in [0.25, 0.3) is 0 Å². The van der Waals surface area contributed by atoms with Crippen LogP contribution in [0.5, 0.6) is 0 Å². The number of carboxylic acid groups (broad SMARTS) is 1. The van der Waals surface area contributed by atoms with Crippen molar-refractivity contribution in [3.8, 4) is 0 Å². The highest BCUT2D eigenvalue weighted by Crippen LogP contribution is 2.26. The third kappa shape index (κ3) is 4.28. The molecule has 4 nitrogen and oxygen atoms in total. The molecule has 17 heavy (non-hydrogen) atoms. The SMILES string of the molecule is CC(C)(CN(CCO)C1CCCCC1)C(=O)O. The zero-order chi connectivity index (χ0) is 12.9. The van der Waals surface area contributed by atoms with Gasteiger partial charge in [-0.15, -0.1) is 0 Å². The first-order chi connectivity index (χ1) is 7.97. The van der Waals surface area contributed by atoms with Crippen LogP contribution in [-0.4, -0.2) is 46.8 Å². The predicted octanol–water partition coefficient (Wildman–Crippen LogP) is 1.72. The van der Waals surface area contributed by atoms with Gasteiger partial charge in [0.15, 0.2) is 0 Å². The number of aliphatic hydroxyl groups excluding tert-OH is 1. The minimum atomic E-state index is -0.767. The minimum absolute atomic E-state index is 0.103. The van der Waals surface area contributed by atoms with Crippen LogP contribution >= 0.6 is 0 Å². The molecule has 1 saturated carbocycles. The van der Waals surface area contributed by atoms with Gasteiger partial charge in [0.25, 0.3) is 0 Å². The van der Waals surface area contributed by atoms with Crippen LogP contribution in [-0.2, 0) is 4.79 Å². The molecule has 0 saturated heterocycles. The fourth-order valence-corrected chi connectivity index (χ4v) is 2.54. The molecule has 0 aliphatic heterocycles. The van der Waals surface area contributed by atoms with Crippen molar-refractivity contribution in [1.82, 2.24) is 4.90 Å². The van der Waals surface area contributed by atoms with E-state index >= 15 is 0 Å². The molecular formula is C13H25NO3. The van der Waals surface area contributed by atoms with Gasteiger partial charge in [-0.1, -0.05) is 19.3 Å². The molecule has 0 atom stereocenters. The minimum Gasteiger partial charge on any atom is -0.481 e. The van der Waals surface area contributed by atoms with E-state index in [1.54, 1.807) is 13.8 Å². The zero-order valence-corrected chi connectivity index (χ0v) is 11.0. The van der Waals surface area contributed by atoms with Crippen LogP contribution < -0.4 is 0 Å². The van der Waals surface area contributed by atoms with Crippen molar-refractivity contribution in [2.45, 2.75) is 52.0 Å². The summed E-state index contributed by atoms with van der Waals surface area (Å²) in [6.07, 6.45) is 6.00. The molecule has 1 rings (SSSR count). The van der Waals surface area contributed by atoms with Crippen molar-refractivity contribution < 1.29 is 15.0 Å². The van der Waals surface area contributed by atoms with Gasteiger partial charge >= 0.3 is 5.97 Å². The van der Waals surface area contributed by atoms with Crippen LogP contribution in [0.3, 0.4) is 0 Å². The van der Waals surface area contributed by atoms with Crippen LogP contribution in [0, 0.1) is 5.41 Å². The highest BCUT2D eigenvalue weighted by atomic mass is 16.4. The Hall–Kier alpha value is -0.610. The zero-order valence-electron chi connectivity index (χ0n) is 11.0. The topological polar surface area (TPSA) is 60.8 Å². The lowest BCUT2D eigenvalue weighted by Crippen LogP contribution is -2.46.